The number of carboxylic acids is 1. The minimum Gasteiger partial charge on any atom is -0.480 e. The summed E-state index contributed by atoms with van der Waals surface area (Å²) in [7, 11) is 0. The van der Waals surface area contributed by atoms with Crippen molar-refractivity contribution in [3.05, 3.63) is 17.5 Å². The number of nitrogens with zero attached hydrogens (tertiary/aromatic N) is 2. The number of aliphatic carboxylic acids is 1. The molecule has 1 aliphatic heterocycles. The van der Waals surface area contributed by atoms with Crippen molar-refractivity contribution in [2.75, 3.05) is 6.54 Å². The molecule has 0 aliphatic carbocycles. The van der Waals surface area contributed by atoms with Crippen molar-refractivity contribution in [2.45, 2.75) is 25.5 Å². The first-order valence-corrected chi connectivity index (χ1v) is 5.22. The predicted molar refractivity (Wildman–Crippen MR) is 56.4 cm³/mol. The summed E-state index contributed by atoms with van der Waals surface area (Å²) in [6, 6.07) is -0.966. The standard InChI is InChI=1S/C10H13N3O4/c1-5-7(3-11-12-5)9(15)13-4-6(14)2-8(13)10(16)17/h3,6,8,14H,2,4H2,1H3,(H,11,12)(H,16,17). The molecular weight excluding hydrogens is 226 g/mol. The van der Waals surface area contributed by atoms with E-state index in [1.807, 2.05) is 0 Å². The van der Waals surface area contributed by atoms with E-state index < -0.39 is 24.0 Å². The van der Waals surface area contributed by atoms with E-state index in [2.05, 4.69) is 10.2 Å². The van der Waals surface area contributed by atoms with Crippen LogP contribution in [0.3, 0.4) is 0 Å². The summed E-state index contributed by atoms with van der Waals surface area (Å²) in [4.78, 5) is 24.2. The second-order valence-electron chi connectivity index (χ2n) is 4.11. The van der Waals surface area contributed by atoms with Crippen LogP contribution in [0.1, 0.15) is 22.5 Å². The molecule has 7 nitrogen and oxygen atoms in total. The number of aryl methyl sites for hydroxylation is 1. The quantitative estimate of drug-likeness (QED) is 0.637. The van der Waals surface area contributed by atoms with Gasteiger partial charge in [0.15, 0.2) is 0 Å². The lowest BCUT2D eigenvalue weighted by atomic mass is 10.2. The Hall–Kier alpha value is -1.89. The first kappa shape index (κ1) is 11.6. The molecule has 2 rings (SSSR count). The molecular formula is C10H13N3O4. The van der Waals surface area contributed by atoms with Gasteiger partial charge in [-0.25, -0.2) is 4.79 Å². The zero-order chi connectivity index (χ0) is 12.6. The Labute approximate surface area is 97.0 Å². The third kappa shape index (κ3) is 2.01. The molecule has 17 heavy (non-hydrogen) atoms. The van der Waals surface area contributed by atoms with Crippen LogP contribution in [0.2, 0.25) is 0 Å². The van der Waals surface area contributed by atoms with E-state index in [4.69, 9.17) is 5.11 Å². The lowest BCUT2D eigenvalue weighted by Crippen LogP contribution is -2.40. The summed E-state index contributed by atoms with van der Waals surface area (Å²) in [5.74, 6) is -1.52. The van der Waals surface area contributed by atoms with Gasteiger partial charge in [0.2, 0.25) is 0 Å². The van der Waals surface area contributed by atoms with Gasteiger partial charge in [0.05, 0.1) is 17.9 Å². The zero-order valence-corrected chi connectivity index (χ0v) is 9.25. The molecule has 0 spiro atoms. The van der Waals surface area contributed by atoms with Crippen molar-refractivity contribution >= 4 is 11.9 Å². The van der Waals surface area contributed by atoms with Crippen molar-refractivity contribution in [1.82, 2.24) is 15.1 Å². The highest BCUT2D eigenvalue weighted by atomic mass is 16.4. The van der Waals surface area contributed by atoms with Gasteiger partial charge in [0.25, 0.3) is 5.91 Å². The van der Waals surface area contributed by atoms with Crippen LogP contribution in [0, 0.1) is 6.92 Å². The molecule has 1 aromatic rings. The molecule has 2 unspecified atom stereocenters. The van der Waals surface area contributed by atoms with Gasteiger partial charge >= 0.3 is 5.97 Å². The van der Waals surface area contributed by atoms with E-state index in [-0.39, 0.29) is 13.0 Å². The highest BCUT2D eigenvalue weighted by molar-refractivity contribution is 5.97. The average molecular weight is 239 g/mol. The molecule has 1 amide bonds. The third-order valence-electron chi connectivity index (χ3n) is 2.89. The topological polar surface area (TPSA) is 107 Å². The number of aromatic nitrogens is 2. The number of carbonyl (C=O) groups excluding carboxylic acids is 1. The molecule has 0 aromatic carbocycles. The number of aliphatic hydroxyl groups excluding tert-OH is 1. The fourth-order valence-electron chi connectivity index (χ4n) is 1.99. The first-order chi connectivity index (χ1) is 8.00. The monoisotopic (exact) mass is 239 g/mol. The number of carbonyl (C=O) groups is 2. The lowest BCUT2D eigenvalue weighted by molar-refractivity contribution is -0.141. The number of hydrogen-bond donors (Lipinski definition) is 3. The summed E-state index contributed by atoms with van der Waals surface area (Å²) in [6.07, 6.45) is 0.645. The van der Waals surface area contributed by atoms with Gasteiger partial charge in [0, 0.05) is 18.7 Å². The van der Waals surface area contributed by atoms with Gasteiger partial charge < -0.3 is 15.1 Å². The maximum Gasteiger partial charge on any atom is 0.326 e. The minimum atomic E-state index is -1.10. The second kappa shape index (κ2) is 4.17. The average Bonchev–Trinajstić information content (AvgIpc) is 2.83. The van der Waals surface area contributed by atoms with Crippen molar-refractivity contribution in [3.63, 3.8) is 0 Å². The maximum absolute atomic E-state index is 12.1. The number of hydrogen-bond acceptors (Lipinski definition) is 4. The van der Waals surface area contributed by atoms with Crippen LogP contribution >= 0.6 is 0 Å². The Bertz CT molecular complexity index is 456. The van der Waals surface area contributed by atoms with Gasteiger partial charge in [-0.15, -0.1) is 0 Å². The zero-order valence-electron chi connectivity index (χ0n) is 9.25. The largest absolute Gasteiger partial charge is 0.480 e. The Morgan fingerprint density at radius 2 is 2.29 bits per heavy atom. The highest BCUT2D eigenvalue weighted by Gasteiger charge is 2.39. The summed E-state index contributed by atoms with van der Waals surface area (Å²) < 4.78 is 0. The molecule has 1 saturated heterocycles. The molecule has 0 saturated carbocycles. The van der Waals surface area contributed by atoms with Crippen molar-refractivity contribution in [3.8, 4) is 0 Å². The number of rotatable bonds is 2. The molecule has 0 bridgehead atoms. The van der Waals surface area contributed by atoms with Crippen molar-refractivity contribution in [2.24, 2.45) is 0 Å². The number of H-pyrrole nitrogens is 1. The van der Waals surface area contributed by atoms with Gasteiger partial charge in [-0.05, 0) is 6.92 Å². The third-order valence-corrected chi connectivity index (χ3v) is 2.89. The first-order valence-electron chi connectivity index (χ1n) is 5.22. The molecule has 2 atom stereocenters. The number of nitrogens with one attached hydrogen (secondary N) is 1. The summed E-state index contributed by atoms with van der Waals surface area (Å²) in [5, 5.41) is 24.8. The molecule has 1 aliphatic rings. The lowest BCUT2D eigenvalue weighted by Gasteiger charge is -2.20. The van der Waals surface area contributed by atoms with E-state index in [0.717, 1.165) is 0 Å². The molecule has 3 N–H and O–H groups in total. The van der Waals surface area contributed by atoms with Gasteiger partial charge in [-0.2, -0.15) is 5.10 Å². The second-order valence-corrected chi connectivity index (χ2v) is 4.11. The SMILES string of the molecule is Cc1[nH]ncc1C(=O)N1CC(O)CC1C(=O)O. The number of β-amino-alcohol motifs (C(OH)–C–C–N with tert-alkyl or cyclic N) is 1. The number of aromatic amines is 1. The molecule has 0 radical (unpaired) electrons. The number of likely N-dealkylation sites (tertiary alicyclic amines) is 1. The van der Waals surface area contributed by atoms with Crippen molar-refractivity contribution < 1.29 is 19.8 Å². The molecule has 7 heteroatoms. The fourth-order valence-corrected chi connectivity index (χ4v) is 1.99. The van der Waals surface area contributed by atoms with Crippen molar-refractivity contribution in [1.29, 1.82) is 0 Å². The van der Waals surface area contributed by atoms with E-state index >= 15 is 0 Å². The van der Waals surface area contributed by atoms with E-state index in [0.29, 0.717) is 11.3 Å². The number of amides is 1. The fraction of sp³-hybridized carbons (Fsp3) is 0.500. The van der Waals surface area contributed by atoms with Crippen LogP contribution in [0.4, 0.5) is 0 Å². The van der Waals surface area contributed by atoms with Crippen LogP contribution in [0.25, 0.3) is 0 Å². The smallest absolute Gasteiger partial charge is 0.326 e. The molecule has 92 valence electrons. The van der Waals surface area contributed by atoms with Gasteiger partial charge in [0.1, 0.15) is 6.04 Å². The van der Waals surface area contributed by atoms with Crippen LogP contribution < -0.4 is 0 Å². The predicted octanol–water partition coefficient (Wildman–Crippen LogP) is -0.622. The molecule has 2 heterocycles. The van der Waals surface area contributed by atoms with Gasteiger partial charge in [-0.3, -0.25) is 9.89 Å². The Balaban J connectivity index is 2.25. The summed E-state index contributed by atoms with van der Waals surface area (Å²) in [6.45, 7) is 1.73. The Morgan fingerprint density at radius 3 is 2.82 bits per heavy atom. The van der Waals surface area contributed by atoms with Crippen LogP contribution in [0.5, 0.6) is 0 Å². The molecule has 1 fully saturated rings. The highest BCUT2D eigenvalue weighted by Crippen LogP contribution is 2.21. The van der Waals surface area contributed by atoms with Gasteiger partial charge in [-0.1, -0.05) is 0 Å². The maximum atomic E-state index is 12.1. The van der Waals surface area contributed by atoms with Crippen LogP contribution in [0.15, 0.2) is 6.20 Å². The summed E-state index contributed by atoms with van der Waals surface area (Å²) in [5.41, 5.74) is 0.922. The summed E-state index contributed by atoms with van der Waals surface area (Å²) >= 11 is 0. The van der Waals surface area contributed by atoms with E-state index in [1.54, 1.807) is 6.92 Å². The number of carboxylic acid groups (broad SMARTS) is 1. The van der Waals surface area contributed by atoms with E-state index in [1.165, 1.54) is 11.1 Å². The number of aliphatic hydroxyl groups is 1. The minimum absolute atomic E-state index is 0.0421. The molecule has 1 aromatic heterocycles. The Kier molecular flexibility index (Phi) is 2.84. The normalized spacial score (nSPS) is 24.0. The van der Waals surface area contributed by atoms with Crippen LogP contribution in [-0.2, 0) is 4.79 Å². The van der Waals surface area contributed by atoms with Crippen LogP contribution in [-0.4, -0.2) is 55.9 Å². The Morgan fingerprint density at radius 1 is 1.59 bits per heavy atom. The van der Waals surface area contributed by atoms with E-state index in [9.17, 15) is 14.7 Å².